The molecule has 1 aliphatic rings. The second kappa shape index (κ2) is 11.4. The van der Waals surface area contributed by atoms with Gasteiger partial charge in [-0.1, -0.05) is 19.9 Å². The van der Waals surface area contributed by atoms with Gasteiger partial charge in [0.25, 0.3) is 0 Å². The Bertz CT molecular complexity index is 1100. The van der Waals surface area contributed by atoms with Crippen molar-refractivity contribution in [1.82, 2.24) is 19.9 Å². The lowest BCUT2D eigenvalue weighted by Gasteiger charge is -2.33. The van der Waals surface area contributed by atoms with Crippen LogP contribution in [0.25, 0.3) is 11.3 Å². The molecule has 4 rings (SSSR count). The second-order valence-electron chi connectivity index (χ2n) is 9.25. The summed E-state index contributed by atoms with van der Waals surface area (Å²) in [5.74, 6) is 2.55. The Morgan fingerprint density at radius 1 is 1.03 bits per heavy atom. The molecule has 1 N–H and O–H groups in total. The van der Waals surface area contributed by atoms with Crippen molar-refractivity contribution in [3.05, 3.63) is 60.3 Å². The number of nitrogens with zero attached hydrogens (tertiary/aromatic N) is 5. The van der Waals surface area contributed by atoms with Gasteiger partial charge in [0.05, 0.1) is 12.3 Å². The van der Waals surface area contributed by atoms with E-state index in [1.165, 1.54) is 12.1 Å². The largest absolute Gasteiger partial charge is 0.493 e. The van der Waals surface area contributed by atoms with Gasteiger partial charge in [-0.25, -0.2) is 19.3 Å². The van der Waals surface area contributed by atoms with Gasteiger partial charge in [-0.05, 0) is 49.6 Å². The SMILES string of the molecule is CCOc1cc(F)ccc1C(C)[C@H](C)CNc1cc(-c2ccc(N3CCN(C)CC3)nc2)ncn1. The fraction of sp³-hybridized carbons (Fsp3) is 0.444. The number of aromatic nitrogens is 3. The maximum absolute atomic E-state index is 13.7. The zero-order valence-corrected chi connectivity index (χ0v) is 21.0. The van der Waals surface area contributed by atoms with Crippen molar-refractivity contribution in [3.8, 4) is 17.0 Å². The normalized spacial score (nSPS) is 16.1. The Morgan fingerprint density at radius 2 is 1.83 bits per heavy atom. The Labute approximate surface area is 207 Å². The number of likely N-dealkylation sites (N-methyl/N-ethyl adjacent to an activating group) is 1. The fourth-order valence-electron chi connectivity index (χ4n) is 4.29. The predicted molar refractivity (Wildman–Crippen MR) is 139 cm³/mol. The van der Waals surface area contributed by atoms with Crippen molar-refractivity contribution in [2.75, 3.05) is 56.6 Å². The molecule has 0 saturated carbocycles. The van der Waals surface area contributed by atoms with Crippen LogP contribution in [0.15, 0.2) is 48.9 Å². The number of nitrogens with one attached hydrogen (secondary N) is 1. The minimum atomic E-state index is -0.283. The minimum absolute atomic E-state index is 0.178. The number of hydrogen-bond acceptors (Lipinski definition) is 7. The number of halogens is 1. The number of anilines is 2. The maximum atomic E-state index is 13.7. The molecular weight excluding hydrogens is 443 g/mol. The van der Waals surface area contributed by atoms with Gasteiger partial charge in [0.15, 0.2) is 0 Å². The standard InChI is InChI=1S/C27H35FN6O/c1-5-35-25-14-22(28)7-8-23(25)20(3)19(2)16-29-26-15-24(31-18-32-26)21-6-9-27(30-17-21)34-12-10-33(4)11-13-34/h6-9,14-15,17-20H,5,10-13,16H2,1-4H3,(H,29,31,32)/t19-,20?/m1/s1. The highest BCUT2D eigenvalue weighted by Crippen LogP contribution is 2.33. The van der Waals surface area contributed by atoms with Crippen molar-refractivity contribution in [3.63, 3.8) is 0 Å². The van der Waals surface area contributed by atoms with E-state index >= 15 is 0 Å². The number of ether oxygens (including phenoxy) is 1. The van der Waals surface area contributed by atoms with Crippen LogP contribution in [0.2, 0.25) is 0 Å². The molecule has 1 saturated heterocycles. The van der Waals surface area contributed by atoms with E-state index in [0.717, 1.165) is 54.6 Å². The van der Waals surface area contributed by atoms with Crippen LogP contribution in [0.1, 0.15) is 32.3 Å². The van der Waals surface area contributed by atoms with Crippen LogP contribution in [0, 0.1) is 11.7 Å². The summed E-state index contributed by atoms with van der Waals surface area (Å²) < 4.78 is 19.4. The lowest BCUT2D eigenvalue weighted by atomic mass is 9.88. The summed E-state index contributed by atoms with van der Waals surface area (Å²) in [7, 11) is 2.15. The van der Waals surface area contributed by atoms with Gasteiger partial charge < -0.3 is 19.9 Å². The van der Waals surface area contributed by atoms with Crippen LogP contribution in [0.4, 0.5) is 16.0 Å². The average Bonchev–Trinajstić information content (AvgIpc) is 2.88. The summed E-state index contributed by atoms with van der Waals surface area (Å²) in [6.45, 7) is 11.5. The van der Waals surface area contributed by atoms with E-state index in [-0.39, 0.29) is 17.7 Å². The minimum Gasteiger partial charge on any atom is -0.493 e. The zero-order valence-electron chi connectivity index (χ0n) is 21.0. The van der Waals surface area contributed by atoms with E-state index in [1.54, 1.807) is 6.33 Å². The van der Waals surface area contributed by atoms with Gasteiger partial charge in [0.1, 0.15) is 29.5 Å². The summed E-state index contributed by atoms with van der Waals surface area (Å²) >= 11 is 0. The van der Waals surface area contributed by atoms with Gasteiger partial charge in [0, 0.05) is 56.6 Å². The molecule has 2 aromatic heterocycles. The lowest BCUT2D eigenvalue weighted by Crippen LogP contribution is -2.44. The van der Waals surface area contributed by atoms with E-state index in [9.17, 15) is 4.39 Å². The molecule has 186 valence electrons. The van der Waals surface area contributed by atoms with Crippen LogP contribution in [-0.2, 0) is 0 Å². The Morgan fingerprint density at radius 3 is 2.54 bits per heavy atom. The number of benzene rings is 1. The first kappa shape index (κ1) is 24.9. The summed E-state index contributed by atoms with van der Waals surface area (Å²) in [5, 5.41) is 3.44. The summed E-state index contributed by atoms with van der Waals surface area (Å²) in [5.41, 5.74) is 2.80. The Hall–Kier alpha value is -3.26. The van der Waals surface area contributed by atoms with Crippen molar-refractivity contribution in [2.24, 2.45) is 5.92 Å². The van der Waals surface area contributed by atoms with Crippen LogP contribution in [0.5, 0.6) is 5.75 Å². The first-order valence-electron chi connectivity index (χ1n) is 12.3. The first-order chi connectivity index (χ1) is 16.9. The van der Waals surface area contributed by atoms with E-state index in [4.69, 9.17) is 4.74 Å². The molecule has 1 aromatic carbocycles. The van der Waals surface area contributed by atoms with Gasteiger partial charge in [-0.2, -0.15) is 0 Å². The van der Waals surface area contributed by atoms with Crippen molar-refractivity contribution < 1.29 is 9.13 Å². The second-order valence-corrected chi connectivity index (χ2v) is 9.25. The molecule has 3 heterocycles. The molecule has 0 bridgehead atoms. The summed E-state index contributed by atoms with van der Waals surface area (Å²) in [6, 6.07) is 10.9. The molecule has 1 fully saturated rings. The number of rotatable bonds is 9. The van der Waals surface area contributed by atoms with Crippen LogP contribution in [-0.4, -0.2) is 66.2 Å². The van der Waals surface area contributed by atoms with Gasteiger partial charge in [-0.15, -0.1) is 0 Å². The monoisotopic (exact) mass is 478 g/mol. The van der Waals surface area contributed by atoms with E-state index in [0.29, 0.717) is 18.9 Å². The molecule has 1 aliphatic heterocycles. The number of piperazine rings is 1. The van der Waals surface area contributed by atoms with E-state index in [2.05, 4.69) is 63.1 Å². The predicted octanol–water partition coefficient (Wildman–Crippen LogP) is 4.68. The number of pyridine rings is 1. The van der Waals surface area contributed by atoms with Gasteiger partial charge >= 0.3 is 0 Å². The average molecular weight is 479 g/mol. The molecule has 3 aromatic rings. The van der Waals surface area contributed by atoms with E-state index in [1.807, 2.05) is 25.3 Å². The summed E-state index contributed by atoms with van der Waals surface area (Å²) in [4.78, 5) is 18.2. The van der Waals surface area contributed by atoms with Crippen LogP contribution < -0.4 is 15.0 Å². The molecule has 1 unspecified atom stereocenters. The molecule has 0 amide bonds. The quantitative estimate of drug-likeness (QED) is 0.479. The van der Waals surface area contributed by atoms with Crippen molar-refractivity contribution in [1.29, 1.82) is 0 Å². The van der Waals surface area contributed by atoms with Crippen LogP contribution in [0.3, 0.4) is 0 Å². The first-order valence-corrected chi connectivity index (χ1v) is 12.3. The lowest BCUT2D eigenvalue weighted by molar-refractivity contribution is 0.312. The highest BCUT2D eigenvalue weighted by atomic mass is 19.1. The molecule has 8 heteroatoms. The van der Waals surface area contributed by atoms with Gasteiger partial charge in [-0.3, -0.25) is 0 Å². The van der Waals surface area contributed by atoms with E-state index < -0.39 is 0 Å². The van der Waals surface area contributed by atoms with Crippen LogP contribution >= 0.6 is 0 Å². The highest BCUT2D eigenvalue weighted by Gasteiger charge is 2.19. The molecule has 2 atom stereocenters. The molecule has 0 spiro atoms. The molecule has 0 aliphatic carbocycles. The molecule has 7 nitrogen and oxygen atoms in total. The third kappa shape index (κ3) is 6.25. The van der Waals surface area contributed by atoms with Gasteiger partial charge in [0.2, 0.25) is 0 Å². The third-order valence-electron chi connectivity index (χ3n) is 6.76. The maximum Gasteiger partial charge on any atom is 0.129 e. The topological polar surface area (TPSA) is 66.4 Å². The van der Waals surface area contributed by atoms with Crippen molar-refractivity contribution in [2.45, 2.75) is 26.7 Å². The molecule has 35 heavy (non-hydrogen) atoms. The summed E-state index contributed by atoms with van der Waals surface area (Å²) in [6.07, 6.45) is 3.46. The highest BCUT2D eigenvalue weighted by molar-refractivity contribution is 5.62. The number of hydrogen-bond donors (Lipinski definition) is 1. The zero-order chi connectivity index (χ0) is 24.8. The Balaban J connectivity index is 1.39. The van der Waals surface area contributed by atoms with Crippen molar-refractivity contribution >= 4 is 11.6 Å². The smallest absolute Gasteiger partial charge is 0.129 e. The molecule has 0 radical (unpaired) electrons. The third-order valence-corrected chi connectivity index (χ3v) is 6.76. The molecular formula is C27H35FN6O. The Kier molecular flexibility index (Phi) is 8.13. The fourth-order valence-corrected chi connectivity index (χ4v) is 4.29.